The van der Waals surface area contributed by atoms with Gasteiger partial charge in [0.05, 0.1) is 23.4 Å². The van der Waals surface area contributed by atoms with E-state index in [1.807, 2.05) is 0 Å². The molecule has 25 heavy (non-hydrogen) atoms. The minimum atomic E-state index is -1.08. The maximum absolute atomic E-state index is 11.7. The fourth-order valence-corrected chi connectivity index (χ4v) is 2.34. The first-order valence-electron chi connectivity index (χ1n) is 7.28. The Hall–Kier alpha value is -2.86. The summed E-state index contributed by atoms with van der Waals surface area (Å²) in [5.74, 6) is -1.22. The van der Waals surface area contributed by atoms with Crippen LogP contribution in [0, 0.1) is 6.92 Å². The molecule has 0 unspecified atom stereocenters. The monoisotopic (exact) mass is 361 g/mol. The molecule has 1 N–H and O–H groups in total. The van der Waals surface area contributed by atoms with Gasteiger partial charge in [0.25, 0.3) is 0 Å². The number of rotatable bonds is 6. The molecule has 0 atom stereocenters. The summed E-state index contributed by atoms with van der Waals surface area (Å²) in [6, 6.07) is 10.1. The van der Waals surface area contributed by atoms with E-state index in [4.69, 9.17) is 26.2 Å². The molecular formula is C18H16ClNO5. The number of ether oxygens (including phenoxy) is 2. The Bertz CT molecular complexity index is 832. The van der Waals surface area contributed by atoms with Crippen LogP contribution in [0.5, 0.6) is 5.75 Å². The van der Waals surface area contributed by atoms with Crippen molar-refractivity contribution < 1.29 is 24.2 Å². The van der Waals surface area contributed by atoms with Crippen molar-refractivity contribution in [1.29, 1.82) is 0 Å². The molecule has 0 aliphatic rings. The quantitative estimate of drug-likeness (QED) is 0.627. The maximum atomic E-state index is 11.7. The van der Waals surface area contributed by atoms with Crippen LogP contribution in [-0.4, -0.2) is 37.0 Å². The molecule has 0 fully saturated rings. The Morgan fingerprint density at radius 2 is 2.04 bits per heavy atom. The van der Waals surface area contributed by atoms with E-state index in [0.717, 1.165) is 0 Å². The van der Waals surface area contributed by atoms with Gasteiger partial charge in [-0.2, -0.15) is 0 Å². The van der Waals surface area contributed by atoms with Gasteiger partial charge in [-0.15, -0.1) is 0 Å². The van der Waals surface area contributed by atoms with Gasteiger partial charge in [-0.05, 0) is 48.4 Å². The van der Waals surface area contributed by atoms with Crippen molar-refractivity contribution in [3.63, 3.8) is 0 Å². The highest BCUT2D eigenvalue weighted by Crippen LogP contribution is 2.26. The number of hydrogen-bond acceptors (Lipinski definition) is 5. The fraction of sp³-hybridized carbons (Fsp3) is 0.167. The van der Waals surface area contributed by atoms with E-state index in [2.05, 4.69) is 4.99 Å². The van der Waals surface area contributed by atoms with Gasteiger partial charge in [0.1, 0.15) is 5.75 Å². The number of aliphatic carboxylic acids is 1. The molecule has 130 valence electrons. The van der Waals surface area contributed by atoms with Crippen LogP contribution in [0.25, 0.3) is 0 Å². The molecule has 0 amide bonds. The third-order valence-corrected chi connectivity index (χ3v) is 3.67. The number of benzene rings is 2. The molecule has 0 saturated heterocycles. The van der Waals surface area contributed by atoms with Crippen LogP contribution in [0.1, 0.15) is 21.5 Å². The lowest BCUT2D eigenvalue weighted by Crippen LogP contribution is -2.09. The van der Waals surface area contributed by atoms with Gasteiger partial charge in [0.2, 0.25) is 0 Å². The van der Waals surface area contributed by atoms with Crippen molar-refractivity contribution in [1.82, 2.24) is 0 Å². The summed E-state index contributed by atoms with van der Waals surface area (Å²) in [6.07, 6.45) is 1.59. The standard InChI is InChI=1S/C18H16ClNO5/c1-11-13(18(23)24-2)4-3-5-15(11)20-9-12-6-7-16(14(19)8-12)25-10-17(21)22/h3-9H,10H2,1-2H3,(H,21,22). The molecule has 0 bridgehead atoms. The molecule has 0 aliphatic carbocycles. The predicted octanol–water partition coefficient (Wildman–Crippen LogP) is 3.65. The molecule has 0 aliphatic heterocycles. The van der Waals surface area contributed by atoms with E-state index in [0.29, 0.717) is 22.4 Å². The number of carbonyl (C=O) groups excluding carboxylic acids is 1. The van der Waals surface area contributed by atoms with Gasteiger partial charge in [-0.3, -0.25) is 4.99 Å². The maximum Gasteiger partial charge on any atom is 0.341 e. The fourth-order valence-electron chi connectivity index (χ4n) is 2.09. The first-order chi connectivity index (χ1) is 11.9. The SMILES string of the molecule is COC(=O)c1cccc(N=Cc2ccc(OCC(=O)O)c(Cl)c2)c1C. The second kappa shape index (κ2) is 8.30. The molecule has 2 rings (SSSR count). The zero-order valence-electron chi connectivity index (χ0n) is 13.7. The zero-order chi connectivity index (χ0) is 18.4. The average Bonchev–Trinajstić information content (AvgIpc) is 2.59. The second-order valence-electron chi connectivity index (χ2n) is 5.07. The molecular weight excluding hydrogens is 346 g/mol. The van der Waals surface area contributed by atoms with E-state index in [1.54, 1.807) is 49.5 Å². The highest BCUT2D eigenvalue weighted by atomic mass is 35.5. The number of hydrogen-bond donors (Lipinski definition) is 1. The lowest BCUT2D eigenvalue weighted by Gasteiger charge is -2.07. The lowest BCUT2D eigenvalue weighted by atomic mass is 10.1. The number of carbonyl (C=O) groups is 2. The Morgan fingerprint density at radius 3 is 2.68 bits per heavy atom. The van der Waals surface area contributed by atoms with Crippen molar-refractivity contribution in [2.24, 2.45) is 4.99 Å². The van der Waals surface area contributed by atoms with E-state index in [-0.39, 0.29) is 10.8 Å². The Morgan fingerprint density at radius 1 is 1.28 bits per heavy atom. The van der Waals surface area contributed by atoms with Crippen molar-refractivity contribution in [2.45, 2.75) is 6.92 Å². The van der Waals surface area contributed by atoms with Crippen molar-refractivity contribution in [3.05, 3.63) is 58.1 Å². The number of aliphatic imine (C=N–C) groups is 1. The van der Waals surface area contributed by atoms with Crippen LogP contribution in [0.3, 0.4) is 0 Å². The summed E-state index contributed by atoms with van der Waals surface area (Å²) >= 11 is 6.07. The molecule has 0 saturated carbocycles. The molecule has 6 nitrogen and oxygen atoms in total. The number of methoxy groups -OCH3 is 1. The lowest BCUT2D eigenvalue weighted by molar-refractivity contribution is -0.139. The number of halogens is 1. The van der Waals surface area contributed by atoms with Crippen LogP contribution >= 0.6 is 11.6 Å². The molecule has 0 spiro atoms. The van der Waals surface area contributed by atoms with E-state index in [1.165, 1.54) is 7.11 Å². The zero-order valence-corrected chi connectivity index (χ0v) is 14.4. The average molecular weight is 362 g/mol. The summed E-state index contributed by atoms with van der Waals surface area (Å²) in [6.45, 7) is 1.32. The van der Waals surface area contributed by atoms with Crippen LogP contribution in [0.15, 0.2) is 41.4 Å². The van der Waals surface area contributed by atoms with E-state index >= 15 is 0 Å². The summed E-state index contributed by atoms with van der Waals surface area (Å²) < 4.78 is 9.80. The van der Waals surface area contributed by atoms with Gasteiger partial charge in [0, 0.05) is 6.21 Å². The Balaban J connectivity index is 2.21. The Labute approximate surface area is 149 Å². The summed E-state index contributed by atoms with van der Waals surface area (Å²) in [7, 11) is 1.33. The normalized spacial score (nSPS) is 10.7. The van der Waals surface area contributed by atoms with Crippen LogP contribution in [-0.2, 0) is 9.53 Å². The molecule has 0 heterocycles. The molecule has 0 radical (unpaired) electrons. The first kappa shape index (κ1) is 18.5. The Kier molecular flexibility index (Phi) is 6.14. The number of esters is 1. The molecule has 2 aromatic rings. The van der Waals surface area contributed by atoms with Crippen molar-refractivity contribution in [2.75, 3.05) is 13.7 Å². The van der Waals surface area contributed by atoms with Crippen LogP contribution in [0.2, 0.25) is 5.02 Å². The van der Waals surface area contributed by atoms with Crippen molar-refractivity contribution in [3.8, 4) is 5.75 Å². The molecule has 7 heteroatoms. The number of carboxylic acid groups (broad SMARTS) is 1. The van der Waals surface area contributed by atoms with Crippen LogP contribution < -0.4 is 4.74 Å². The number of nitrogens with zero attached hydrogens (tertiary/aromatic N) is 1. The van der Waals surface area contributed by atoms with Crippen molar-refractivity contribution >= 4 is 35.4 Å². The third-order valence-electron chi connectivity index (χ3n) is 3.37. The number of carboxylic acids is 1. The predicted molar refractivity (Wildman–Crippen MR) is 94.4 cm³/mol. The second-order valence-corrected chi connectivity index (χ2v) is 5.48. The summed E-state index contributed by atoms with van der Waals surface area (Å²) in [5.41, 5.74) is 2.49. The van der Waals surface area contributed by atoms with Gasteiger partial charge in [0.15, 0.2) is 6.61 Å². The smallest absolute Gasteiger partial charge is 0.341 e. The largest absolute Gasteiger partial charge is 0.480 e. The molecule has 2 aromatic carbocycles. The van der Waals surface area contributed by atoms with E-state index < -0.39 is 18.5 Å². The summed E-state index contributed by atoms with van der Waals surface area (Å²) in [5, 5.41) is 8.90. The first-order valence-corrected chi connectivity index (χ1v) is 7.66. The summed E-state index contributed by atoms with van der Waals surface area (Å²) in [4.78, 5) is 26.6. The van der Waals surface area contributed by atoms with Gasteiger partial charge < -0.3 is 14.6 Å². The van der Waals surface area contributed by atoms with Gasteiger partial charge >= 0.3 is 11.9 Å². The highest BCUT2D eigenvalue weighted by molar-refractivity contribution is 6.32. The van der Waals surface area contributed by atoms with Gasteiger partial charge in [-0.1, -0.05) is 17.7 Å². The van der Waals surface area contributed by atoms with Crippen LogP contribution in [0.4, 0.5) is 5.69 Å². The van der Waals surface area contributed by atoms with Gasteiger partial charge in [-0.25, -0.2) is 9.59 Å². The molecule has 0 aromatic heterocycles. The minimum Gasteiger partial charge on any atom is -0.480 e. The third kappa shape index (κ3) is 4.81. The highest BCUT2D eigenvalue weighted by Gasteiger charge is 2.11. The topological polar surface area (TPSA) is 85.2 Å². The van der Waals surface area contributed by atoms with E-state index in [9.17, 15) is 9.59 Å². The minimum absolute atomic E-state index is 0.282.